The Labute approximate surface area is 143 Å². The Kier molecular flexibility index (Phi) is 6.95. The molecular weight excluding hydrogens is 302 g/mol. The first-order valence-corrected chi connectivity index (χ1v) is 8.03. The van der Waals surface area contributed by atoms with Crippen LogP contribution in [0.3, 0.4) is 0 Å². The molecule has 0 amide bonds. The number of nitrogens with zero attached hydrogens (tertiary/aromatic N) is 1. The standard InChI is InChI=1S/C19H25N3O2/c1-4-20-19(21-13-15-9-11-17(23-2)12-10-15)22-14-16-7-5-6-8-18(16)24-3/h5-12H,4,13-14H2,1-3H3,(H2,20,21,22). The summed E-state index contributed by atoms with van der Waals surface area (Å²) in [4.78, 5) is 4.62. The first-order chi connectivity index (χ1) is 11.8. The summed E-state index contributed by atoms with van der Waals surface area (Å²) in [6.45, 7) is 4.11. The predicted molar refractivity (Wildman–Crippen MR) is 97.6 cm³/mol. The summed E-state index contributed by atoms with van der Waals surface area (Å²) < 4.78 is 10.5. The zero-order valence-corrected chi connectivity index (χ0v) is 14.5. The number of para-hydroxylation sites is 1. The Balaban J connectivity index is 1.99. The van der Waals surface area contributed by atoms with Crippen LogP contribution >= 0.6 is 0 Å². The Bertz CT molecular complexity index is 654. The van der Waals surface area contributed by atoms with Crippen molar-refractivity contribution in [1.29, 1.82) is 0 Å². The molecule has 5 heteroatoms. The quantitative estimate of drug-likeness (QED) is 0.606. The average Bonchev–Trinajstić information content (AvgIpc) is 2.64. The van der Waals surface area contributed by atoms with E-state index in [9.17, 15) is 0 Å². The molecule has 24 heavy (non-hydrogen) atoms. The first kappa shape index (κ1) is 17.7. The van der Waals surface area contributed by atoms with Crippen molar-refractivity contribution in [2.45, 2.75) is 20.0 Å². The van der Waals surface area contributed by atoms with Gasteiger partial charge in [0.15, 0.2) is 5.96 Å². The molecule has 0 unspecified atom stereocenters. The van der Waals surface area contributed by atoms with Gasteiger partial charge in [0.25, 0.3) is 0 Å². The van der Waals surface area contributed by atoms with E-state index in [-0.39, 0.29) is 0 Å². The Morgan fingerprint density at radius 2 is 1.71 bits per heavy atom. The fraction of sp³-hybridized carbons (Fsp3) is 0.316. The number of benzene rings is 2. The van der Waals surface area contributed by atoms with E-state index in [0.29, 0.717) is 13.1 Å². The molecular formula is C19H25N3O2. The molecule has 0 spiro atoms. The molecule has 5 nitrogen and oxygen atoms in total. The van der Waals surface area contributed by atoms with Gasteiger partial charge in [-0.2, -0.15) is 0 Å². The normalized spacial score (nSPS) is 11.0. The van der Waals surface area contributed by atoms with Crippen molar-refractivity contribution in [2.24, 2.45) is 4.99 Å². The van der Waals surface area contributed by atoms with Crippen LogP contribution in [0.1, 0.15) is 18.1 Å². The molecule has 0 aliphatic heterocycles. The Hall–Kier alpha value is -2.69. The SMILES string of the molecule is CCNC(=NCc1ccc(OC)cc1)NCc1ccccc1OC. The van der Waals surface area contributed by atoms with Crippen molar-refractivity contribution in [3.8, 4) is 11.5 Å². The maximum absolute atomic E-state index is 5.38. The maximum atomic E-state index is 5.38. The second-order valence-electron chi connectivity index (χ2n) is 5.21. The largest absolute Gasteiger partial charge is 0.497 e. The Morgan fingerprint density at radius 1 is 0.958 bits per heavy atom. The van der Waals surface area contributed by atoms with Gasteiger partial charge in [0, 0.05) is 18.7 Å². The molecule has 0 aliphatic rings. The second-order valence-corrected chi connectivity index (χ2v) is 5.21. The highest BCUT2D eigenvalue weighted by Gasteiger charge is 2.03. The third-order valence-electron chi connectivity index (χ3n) is 3.56. The summed E-state index contributed by atoms with van der Waals surface area (Å²) in [5, 5.41) is 6.60. The highest BCUT2D eigenvalue weighted by Crippen LogP contribution is 2.16. The van der Waals surface area contributed by atoms with Gasteiger partial charge in [-0.15, -0.1) is 0 Å². The molecule has 2 aromatic rings. The van der Waals surface area contributed by atoms with Crippen molar-refractivity contribution in [1.82, 2.24) is 10.6 Å². The van der Waals surface area contributed by atoms with E-state index >= 15 is 0 Å². The van der Waals surface area contributed by atoms with Crippen LogP contribution in [0.4, 0.5) is 0 Å². The molecule has 2 rings (SSSR count). The van der Waals surface area contributed by atoms with Gasteiger partial charge in [0.05, 0.1) is 20.8 Å². The second kappa shape index (κ2) is 9.45. The topological polar surface area (TPSA) is 54.9 Å². The lowest BCUT2D eigenvalue weighted by Gasteiger charge is -2.13. The van der Waals surface area contributed by atoms with Crippen LogP contribution in [0.15, 0.2) is 53.5 Å². The van der Waals surface area contributed by atoms with Gasteiger partial charge < -0.3 is 20.1 Å². The lowest BCUT2D eigenvalue weighted by molar-refractivity contribution is 0.409. The van der Waals surface area contributed by atoms with Crippen LogP contribution in [0.2, 0.25) is 0 Å². The number of methoxy groups -OCH3 is 2. The summed E-state index contributed by atoms with van der Waals surface area (Å²) in [5.74, 6) is 2.50. The molecule has 2 aromatic carbocycles. The van der Waals surface area contributed by atoms with E-state index in [0.717, 1.165) is 35.1 Å². The number of ether oxygens (including phenoxy) is 2. The van der Waals surface area contributed by atoms with Gasteiger partial charge in [0.1, 0.15) is 11.5 Å². The predicted octanol–water partition coefficient (Wildman–Crippen LogP) is 2.96. The van der Waals surface area contributed by atoms with E-state index < -0.39 is 0 Å². The summed E-state index contributed by atoms with van der Waals surface area (Å²) in [7, 11) is 3.35. The lowest BCUT2D eigenvalue weighted by Crippen LogP contribution is -2.36. The number of nitrogens with one attached hydrogen (secondary N) is 2. The number of hydrogen-bond acceptors (Lipinski definition) is 3. The van der Waals surface area contributed by atoms with Crippen LogP contribution in [0.5, 0.6) is 11.5 Å². The highest BCUT2D eigenvalue weighted by atomic mass is 16.5. The molecule has 0 heterocycles. The summed E-state index contributed by atoms with van der Waals surface area (Å²) in [6, 6.07) is 15.9. The molecule has 0 saturated carbocycles. The van der Waals surface area contributed by atoms with Crippen molar-refractivity contribution >= 4 is 5.96 Å². The molecule has 0 fully saturated rings. The van der Waals surface area contributed by atoms with E-state index in [2.05, 4.69) is 15.6 Å². The van der Waals surface area contributed by atoms with Gasteiger partial charge in [-0.25, -0.2) is 4.99 Å². The molecule has 0 aromatic heterocycles. The van der Waals surface area contributed by atoms with Gasteiger partial charge in [-0.05, 0) is 30.7 Å². The smallest absolute Gasteiger partial charge is 0.191 e. The maximum Gasteiger partial charge on any atom is 0.191 e. The summed E-state index contributed by atoms with van der Waals surface area (Å²) >= 11 is 0. The minimum absolute atomic E-state index is 0.602. The monoisotopic (exact) mass is 327 g/mol. The van der Waals surface area contributed by atoms with Crippen molar-refractivity contribution < 1.29 is 9.47 Å². The van der Waals surface area contributed by atoms with Gasteiger partial charge in [0.2, 0.25) is 0 Å². The van der Waals surface area contributed by atoms with E-state index in [1.54, 1.807) is 14.2 Å². The fourth-order valence-corrected chi connectivity index (χ4v) is 2.27. The van der Waals surface area contributed by atoms with Crippen LogP contribution in [-0.4, -0.2) is 26.7 Å². The van der Waals surface area contributed by atoms with Gasteiger partial charge in [-0.1, -0.05) is 30.3 Å². The number of hydrogen-bond donors (Lipinski definition) is 2. The minimum atomic E-state index is 0.602. The zero-order chi connectivity index (χ0) is 17.2. The van der Waals surface area contributed by atoms with Gasteiger partial charge >= 0.3 is 0 Å². The van der Waals surface area contributed by atoms with E-state index in [4.69, 9.17) is 9.47 Å². The highest BCUT2D eigenvalue weighted by molar-refractivity contribution is 5.79. The average molecular weight is 327 g/mol. The molecule has 128 valence electrons. The zero-order valence-electron chi connectivity index (χ0n) is 14.5. The third kappa shape index (κ3) is 5.19. The van der Waals surface area contributed by atoms with Crippen molar-refractivity contribution in [3.63, 3.8) is 0 Å². The Morgan fingerprint density at radius 3 is 2.38 bits per heavy atom. The summed E-state index contributed by atoms with van der Waals surface area (Å²) in [5.41, 5.74) is 2.22. The van der Waals surface area contributed by atoms with Crippen LogP contribution in [-0.2, 0) is 13.1 Å². The number of rotatable bonds is 7. The van der Waals surface area contributed by atoms with Crippen LogP contribution in [0, 0.1) is 0 Å². The number of aliphatic imine (C=N–C) groups is 1. The first-order valence-electron chi connectivity index (χ1n) is 8.03. The van der Waals surface area contributed by atoms with E-state index in [1.807, 2.05) is 55.5 Å². The third-order valence-corrected chi connectivity index (χ3v) is 3.56. The molecule has 0 aliphatic carbocycles. The minimum Gasteiger partial charge on any atom is -0.497 e. The van der Waals surface area contributed by atoms with Crippen LogP contribution < -0.4 is 20.1 Å². The van der Waals surface area contributed by atoms with Crippen LogP contribution in [0.25, 0.3) is 0 Å². The fourth-order valence-electron chi connectivity index (χ4n) is 2.27. The number of guanidine groups is 1. The molecule has 0 radical (unpaired) electrons. The molecule has 0 atom stereocenters. The van der Waals surface area contributed by atoms with E-state index in [1.165, 1.54) is 0 Å². The summed E-state index contributed by atoms with van der Waals surface area (Å²) in [6.07, 6.45) is 0. The molecule has 0 saturated heterocycles. The van der Waals surface area contributed by atoms with Gasteiger partial charge in [-0.3, -0.25) is 0 Å². The lowest BCUT2D eigenvalue weighted by atomic mass is 10.2. The van der Waals surface area contributed by atoms with Crippen molar-refractivity contribution in [2.75, 3.05) is 20.8 Å². The van der Waals surface area contributed by atoms with Crippen molar-refractivity contribution in [3.05, 3.63) is 59.7 Å². The molecule has 0 bridgehead atoms. The molecule has 2 N–H and O–H groups in total.